The quantitative estimate of drug-likeness (QED) is 0.872. The highest BCUT2D eigenvalue weighted by atomic mass is 32.2. The van der Waals surface area contributed by atoms with Crippen molar-refractivity contribution in [1.82, 2.24) is 10.2 Å². The van der Waals surface area contributed by atoms with Crippen LogP contribution in [0.25, 0.3) is 0 Å². The van der Waals surface area contributed by atoms with Gasteiger partial charge in [-0.3, -0.25) is 4.72 Å². The summed E-state index contributed by atoms with van der Waals surface area (Å²) in [6.45, 7) is 0. The molecule has 2 aromatic rings. The van der Waals surface area contributed by atoms with Crippen molar-refractivity contribution in [3.8, 4) is 0 Å². The van der Waals surface area contributed by atoms with Crippen LogP contribution < -0.4 is 10.5 Å². The van der Waals surface area contributed by atoms with Crippen molar-refractivity contribution in [3.05, 3.63) is 30.1 Å². The first-order valence-electron chi connectivity index (χ1n) is 4.35. The molecule has 1 aromatic heterocycles. The molecule has 0 unspecified atom stereocenters. The zero-order valence-corrected chi connectivity index (χ0v) is 9.93. The summed E-state index contributed by atoms with van der Waals surface area (Å²) in [6.07, 6.45) is 0. The van der Waals surface area contributed by atoms with Crippen LogP contribution in [0.3, 0.4) is 0 Å². The number of aromatic nitrogens is 2. The van der Waals surface area contributed by atoms with Crippen LogP contribution in [-0.2, 0) is 10.0 Å². The number of sulfonamides is 1. The third-order valence-electron chi connectivity index (χ3n) is 1.73. The topological polar surface area (TPSA) is 98.0 Å². The minimum atomic E-state index is -3.86. The van der Waals surface area contributed by atoms with Crippen LogP contribution in [0.2, 0.25) is 0 Å². The summed E-state index contributed by atoms with van der Waals surface area (Å²) in [4.78, 5) is 0. The van der Waals surface area contributed by atoms with Gasteiger partial charge in [0, 0.05) is 0 Å². The Balaban J connectivity index is 2.29. The number of anilines is 2. The summed E-state index contributed by atoms with van der Waals surface area (Å²) < 4.78 is 38.3. The number of halogens is 1. The van der Waals surface area contributed by atoms with E-state index in [0.29, 0.717) is 0 Å². The highest BCUT2D eigenvalue weighted by molar-refractivity contribution is 7.94. The van der Waals surface area contributed by atoms with Gasteiger partial charge in [-0.25, -0.2) is 4.39 Å². The molecule has 6 nitrogen and oxygen atoms in total. The van der Waals surface area contributed by atoms with E-state index in [0.717, 1.165) is 17.4 Å². The molecule has 0 radical (unpaired) electrons. The Hall–Kier alpha value is -1.74. The van der Waals surface area contributed by atoms with Crippen LogP contribution in [0.5, 0.6) is 0 Å². The molecule has 2 rings (SSSR count). The Labute approximate surface area is 100 Å². The molecule has 9 heteroatoms. The Morgan fingerprint density at radius 2 is 2.12 bits per heavy atom. The maximum absolute atomic E-state index is 12.9. The standard InChI is InChI=1S/C8H7FN4O2S2/c9-5-2-1-3-6(4-5)13-17(14,15)8-12-11-7(10)16-8/h1-4,13H,(H2,10,11). The second-order valence-electron chi connectivity index (χ2n) is 3.02. The molecule has 0 aliphatic carbocycles. The number of nitrogens with one attached hydrogen (secondary N) is 1. The van der Waals surface area contributed by atoms with Gasteiger partial charge < -0.3 is 5.73 Å². The maximum Gasteiger partial charge on any atom is 0.291 e. The first kappa shape index (κ1) is 11.7. The van der Waals surface area contributed by atoms with Crippen LogP contribution >= 0.6 is 11.3 Å². The van der Waals surface area contributed by atoms with E-state index in [1.165, 1.54) is 18.2 Å². The van der Waals surface area contributed by atoms with Crippen molar-refractivity contribution >= 4 is 32.2 Å². The Bertz CT molecular complexity index is 640. The third kappa shape index (κ3) is 2.68. The molecule has 3 N–H and O–H groups in total. The first-order valence-corrected chi connectivity index (χ1v) is 6.65. The van der Waals surface area contributed by atoms with E-state index in [1.807, 2.05) is 0 Å². The van der Waals surface area contributed by atoms with Crippen LogP contribution in [0.1, 0.15) is 0 Å². The van der Waals surface area contributed by atoms with Gasteiger partial charge >= 0.3 is 0 Å². The van der Waals surface area contributed by atoms with Crippen LogP contribution in [0.15, 0.2) is 28.6 Å². The lowest BCUT2D eigenvalue weighted by molar-refractivity contribution is 0.599. The van der Waals surface area contributed by atoms with E-state index in [4.69, 9.17) is 5.73 Å². The fraction of sp³-hybridized carbons (Fsp3) is 0. The Morgan fingerprint density at radius 3 is 2.71 bits per heavy atom. The number of benzene rings is 1. The predicted molar refractivity (Wildman–Crippen MR) is 61.5 cm³/mol. The van der Waals surface area contributed by atoms with E-state index in [1.54, 1.807) is 0 Å². The average Bonchev–Trinajstić information content (AvgIpc) is 2.65. The molecule has 0 amide bonds. The molecule has 1 heterocycles. The smallest absolute Gasteiger partial charge is 0.291 e. The molecule has 17 heavy (non-hydrogen) atoms. The Morgan fingerprint density at radius 1 is 1.35 bits per heavy atom. The van der Waals surface area contributed by atoms with E-state index in [9.17, 15) is 12.8 Å². The number of nitrogens with zero attached hydrogens (tertiary/aromatic N) is 2. The fourth-order valence-corrected chi connectivity index (χ4v) is 2.91. The normalized spacial score (nSPS) is 11.4. The molecule has 0 saturated heterocycles. The lowest BCUT2D eigenvalue weighted by Gasteiger charge is -2.04. The molecule has 0 bridgehead atoms. The van der Waals surface area contributed by atoms with Gasteiger partial charge in [-0.15, -0.1) is 10.2 Å². The second kappa shape index (κ2) is 4.26. The van der Waals surface area contributed by atoms with Crippen molar-refractivity contribution < 1.29 is 12.8 Å². The van der Waals surface area contributed by atoms with Crippen molar-refractivity contribution in [3.63, 3.8) is 0 Å². The second-order valence-corrected chi connectivity index (χ2v) is 5.89. The third-order valence-corrected chi connectivity index (χ3v) is 4.23. The van der Waals surface area contributed by atoms with Crippen LogP contribution in [0.4, 0.5) is 15.2 Å². The van der Waals surface area contributed by atoms with Gasteiger partial charge in [0.1, 0.15) is 5.82 Å². The SMILES string of the molecule is Nc1nnc(S(=O)(=O)Nc2cccc(F)c2)s1. The van der Waals surface area contributed by atoms with E-state index < -0.39 is 15.8 Å². The zero-order valence-electron chi connectivity index (χ0n) is 8.29. The van der Waals surface area contributed by atoms with E-state index in [2.05, 4.69) is 14.9 Å². The monoisotopic (exact) mass is 274 g/mol. The molecular weight excluding hydrogens is 267 g/mol. The molecule has 0 saturated carbocycles. The average molecular weight is 274 g/mol. The van der Waals surface area contributed by atoms with Crippen molar-refractivity contribution in [1.29, 1.82) is 0 Å². The molecule has 0 fully saturated rings. The summed E-state index contributed by atoms with van der Waals surface area (Å²) in [5.74, 6) is -0.540. The number of rotatable bonds is 3. The molecule has 0 spiro atoms. The summed E-state index contributed by atoms with van der Waals surface area (Å²) in [6, 6.07) is 5.08. The number of nitrogen functional groups attached to an aromatic ring is 1. The van der Waals surface area contributed by atoms with Crippen LogP contribution in [0, 0.1) is 5.82 Å². The van der Waals surface area contributed by atoms with Gasteiger partial charge in [-0.1, -0.05) is 17.4 Å². The molecule has 90 valence electrons. The zero-order chi connectivity index (χ0) is 12.5. The fourth-order valence-electron chi connectivity index (χ4n) is 1.08. The van der Waals surface area contributed by atoms with Crippen LogP contribution in [-0.4, -0.2) is 18.6 Å². The highest BCUT2D eigenvalue weighted by Gasteiger charge is 2.19. The lowest BCUT2D eigenvalue weighted by atomic mass is 10.3. The lowest BCUT2D eigenvalue weighted by Crippen LogP contribution is -2.12. The van der Waals surface area contributed by atoms with Gasteiger partial charge in [-0.05, 0) is 18.2 Å². The van der Waals surface area contributed by atoms with Crippen molar-refractivity contribution in [2.75, 3.05) is 10.5 Å². The van der Waals surface area contributed by atoms with Gasteiger partial charge in [0.25, 0.3) is 14.4 Å². The van der Waals surface area contributed by atoms with Gasteiger partial charge in [0.2, 0.25) is 5.13 Å². The minimum Gasteiger partial charge on any atom is -0.374 e. The minimum absolute atomic E-state index is 0.0459. The first-order chi connectivity index (χ1) is 7.97. The molecular formula is C8H7FN4O2S2. The van der Waals surface area contributed by atoms with Crippen molar-refractivity contribution in [2.24, 2.45) is 0 Å². The van der Waals surface area contributed by atoms with Gasteiger partial charge in [0.05, 0.1) is 5.69 Å². The summed E-state index contributed by atoms with van der Waals surface area (Å²) in [5, 5.41) is 6.85. The number of nitrogens with two attached hydrogens (primary N) is 1. The number of hydrogen-bond acceptors (Lipinski definition) is 6. The summed E-state index contributed by atoms with van der Waals surface area (Å²) in [5.41, 5.74) is 5.40. The van der Waals surface area contributed by atoms with E-state index in [-0.39, 0.29) is 15.2 Å². The number of hydrogen-bond donors (Lipinski definition) is 2. The molecule has 1 aromatic carbocycles. The summed E-state index contributed by atoms with van der Waals surface area (Å²) >= 11 is 0.729. The van der Waals surface area contributed by atoms with Gasteiger partial charge in [0.15, 0.2) is 0 Å². The predicted octanol–water partition coefficient (Wildman–Crippen LogP) is 1.06. The highest BCUT2D eigenvalue weighted by Crippen LogP contribution is 2.20. The molecule has 0 aliphatic heterocycles. The molecule has 0 atom stereocenters. The van der Waals surface area contributed by atoms with Crippen molar-refractivity contribution in [2.45, 2.75) is 4.34 Å². The molecule has 0 aliphatic rings. The maximum atomic E-state index is 12.9. The summed E-state index contributed by atoms with van der Waals surface area (Å²) in [7, 11) is -3.86. The largest absolute Gasteiger partial charge is 0.374 e. The van der Waals surface area contributed by atoms with E-state index >= 15 is 0 Å². The Kier molecular flexibility index (Phi) is 2.94. The van der Waals surface area contributed by atoms with Gasteiger partial charge in [-0.2, -0.15) is 8.42 Å².